The van der Waals surface area contributed by atoms with Crippen molar-refractivity contribution < 1.29 is 13.6 Å². The largest absolute Gasteiger partial charge is 0.465 e. The summed E-state index contributed by atoms with van der Waals surface area (Å²) in [5.74, 6) is -0.315. The van der Waals surface area contributed by atoms with E-state index in [1.54, 1.807) is 24.3 Å². The summed E-state index contributed by atoms with van der Waals surface area (Å²) in [6.45, 7) is 0. The molecule has 0 aliphatic carbocycles. The molecule has 4 rings (SSSR count). The molecule has 0 radical (unpaired) electrons. The lowest BCUT2D eigenvalue weighted by molar-refractivity contribution is -0.112. The van der Waals surface area contributed by atoms with E-state index in [-0.39, 0.29) is 10.6 Å². The average molecular weight is 477 g/mol. The molecule has 8 nitrogen and oxygen atoms in total. The van der Waals surface area contributed by atoms with Crippen LogP contribution in [0, 0.1) is 17.1 Å². The van der Waals surface area contributed by atoms with Crippen molar-refractivity contribution >= 4 is 57.4 Å². The summed E-state index contributed by atoms with van der Waals surface area (Å²) in [4.78, 5) is 23.3. The Morgan fingerprint density at radius 3 is 2.74 bits per heavy atom. The summed E-state index contributed by atoms with van der Waals surface area (Å²) in [6, 6.07) is 12.9. The third-order valence-electron chi connectivity index (χ3n) is 4.86. The molecule has 0 saturated heterocycles. The zero-order valence-electron chi connectivity index (χ0n) is 18.1. The van der Waals surface area contributed by atoms with Gasteiger partial charge in [0.2, 0.25) is 0 Å². The number of carbonyl (C=O) groups is 1. The van der Waals surface area contributed by atoms with Crippen molar-refractivity contribution in [1.82, 2.24) is 9.97 Å². The summed E-state index contributed by atoms with van der Waals surface area (Å²) in [6.07, 6.45) is 4.21. The minimum absolute atomic E-state index is 0.0291. The summed E-state index contributed by atoms with van der Waals surface area (Å²) >= 11 is 5.89. The van der Waals surface area contributed by atoms with Crippen molar-refractivity contribution in [2.45, 2.75) is 0 Å². The number of nitriles is 1. The lowest BCUT2D eigenvalue weighted by Crippen LogP contribution is -2.18. The number of hydrogen-bond donors (Lipinski definition) is 2. The molecule has 2 N–H and O–H groups in total. The Hall–Kier alpha value is -4.42. The minimum Gasteiger partial charge on any atom is -0.465 e. The summed E-state index contributed by atoms with van der Waals surface area (Å²) in [5, 5.41) is 15.9. The number of carbonyl (C=O) groups excluding carboxylic acids is 1. The zero-order chi connectivity index (χ0) is 24.2. The summed E-state index contributed by atoms with van der Waals surface area (Å²) in [5.41, 5.74) is 2.13. The highest BCUT2D eigenvalue weighted by Gasteiger charge is 2.17. The highest BCUT2D eigenvalue weighted by Crippen LogP contribution is 2.34. The van der Waals surface area contributed by atoms with Crippen molar-refractivity contribution in [2.24, 2.45) is 0 Å². The van der Waals surface area contributed by atoms with Crippen molar-refractivity contribution in [3.8, 4) is 6.07 Å². The van der Waals surface area contributed by atoms with Gasteiger partial charge < -0.3 is 20.0 Å². The van der Waals surface area contributed by atoms with Crippen LogP contribution in [0.2, 0.25) is 5.02 Å². The molecule has 170 valence electrons. The topological polar surface area (TPSA) is 107 Å². The van der Waals surface area contributed by atoms with Gasteiger partial charge in [0.25, 0.3) is 5.91 Å². The van der Waals surface area contributed by atoms with Crippen molar-refractivity contribution in [2.75, 3.05) is 29.6 Å². The molecule has 0 aliphatic heterocycles. The molecule has 4 aromatic rings. The monoisotopic (exact) mass is 476 g/mol. The van der Waals surface area contributed by atoms with Crippen LogP contribution in [0.15, 0.2) is 65.0 Å². The first-order valence-corrected chi connectivity index (χ1v) is 10.4. The molecule has 10 heteroatoms. The number of nitrogens with zero attached hydrogens (tertiary/aromatic N) is 4. The van der Waals surface area contributed by atoms with Crippen LogP contribution in [0.25, 0.3) is 17.0 Å². The van der Waals surface area contributed by atoms with Crippen LogP contribution in [-0.4, -0.2) is 30.0 Å². The van der Waals surface area contributed by atoms with E-state index in [1.165, 1.54) is 36.9 Å². The molecule has 34 heavy (non-hydrogen) atoms. The van der Waals surface area contributed by atoms with Crippen LogP contribution in [0.4, 0.5) is 27.3 Å². The number of benzene rings is 2. The van der Waals surface area contributed by atoms with Crippen LogP contribution in [0.3, 0.4) is 0 Å². The minimum atomic E-state index is -0.599. The van der Waals surface area contributed by atoms with Crippen LogP contribution < -0.4 is 15.5 Å². The molecule has 1 amide bonds. The van der Waals surface area contributed by atoms with E-state index in [0.717, 1.165) is 0 Å². The highest BCUT2D eigenvalue weighted by atomic mass is 35.5. The first-order chi connectivity index (χ1) is 16.4. The lowest BCUT2D eigenvalue weighted by Gasteiger charge is -2.19. The van der Waals surface area contributed by atoms with Crippen LogP contribution in [0.5, 0.6) is 0 Å². The van der Waals surface area contributed by atoms with Crippen LogP contribution in [-0.2, 0) is 4.79 Å². The maximum atomic E-state index is 13.5. The summed E-state index contributed by atoms with van der Waals surface area (Å²) in [7, 11) is 3.64. The predicted octanol–water partition coefficient (Wildman–Crippen LogP) is 5.37. The number of amides is 1. The van der Waals surface area contributed by atoms with Gasteiger partial charge in [-0.2, -0.15) is 5.26 Å². The fourth-order valence-electron chi connectivity index (χ4n) is 3.23. The Balaban J connectivity index is 1.74. The second-order valence-corrected chi connectivity index (χ2v) is 7.80. The van der Waals surface area contributed by atoms with E-state index < -0.39 is 11.7 Å². The second kappa shape index (κ2) is 9.60. The van der Waals surface area contributed by atoms with E-state index in [0.29, 0.717) is 39.5 Å². The van der Waals surface area contributed by atoms with E-state index >= 15 is 0 Å². The number of fused-ring (bicyclic) bond motifs is 1. The second-order valence-electron chi connectivity index (χ2n) is 7.40. The standard InChI is InChI=1S/C24H18ClFN6O2/c1-32(2)22-11-20-17(23(29-13-28-20)30-15-5-6-19(26)18(25)9-15)10-21(22)31-24(33)14(12-27)8-16-4-3-7-34-16/h3-11,13H,1-2H3,(H,31,33)(H,28,29,30). The molecule has 0 aliphatic rings. The van der Waals surface area contributed by atoms with E-state index in [1.807, 2.05) is 25.1 Å². The Kier molecular flexibility index (Phi) is 6.43. The van der Waals surface area contributed by atoms with Gasteiger partial charge in [-0.25, -0.2) is 14.4 Å². The highest BCUT2D eigenvalue weighted by molar-refractivity contribution is 6.31. The molecule has 0 atom stereocenters. The third kappa shape index (κ3) is 4.82. The number of halogens is 2. The fourth-order valence-corrected chi connectivity index (χ4v) is 3.41. The first kappa shape index (κ1) is 22.8. The first-order valence-electron chi connectivity index (χ1n) is 10.0. The van der Waals surface area contributed by atoms with Gasteiger partial charge in [-0.1, -0.05) is 11.6 Å². The van der Waals surface area contributed by atoms with E-state index in [2.05, 4.69) is 20.6 Å². The number of hydrogen-bond acceptors (Lipinski definition) is 7. The van der Waals surface area contributed by atoms with Gasteiger partial charge in [-0.15, -0.1) is 0 Å². The Morgan fingerprint density at radius 1 is 1.24 bits per heavy atom. The Labute approximate surface area is 199 Å². The molecule has 2 heterocycles. The van der Waals surface area contributed by atoms with Gasteiger partial charge in [0.1, 0.15) is 35.4 Å². The maximum absolute atomic E-state index is 13.5. The van der Waals surface area contributed by atoms with Gasteiger partial charge in [-0.3, -0.25) is 4.79 Å². The van der Waals surface area contributed by atoms with Crippen LogP contribution in [0.1, 0.15) is 5.76 Å². The van der Waals surface area contributed by atoms with Gasteiger partial charge in [0.05, 0.1) is 28.2 Å². The molecule has 2 aromatic carbocycles. The Morgan fingerprint density at radius 2 is 2.06 bits per heavy atom. The SMILES string of the molecule is CN(C)c1cc2ncnc(Nc3ccc(F)c(Cl)c3)c2cc1NC(=O)C(C#N)=Cc1ccco1. The quantitative estimate of drug-likeness (QED) is 0.284. The van der Waals surface area contributed by atoms with Crippen molar-refractivity contribution in [3.63, 3.8) is 0 Å². The van der Waals surface area contributed by atoms with E-state index in [9.17, 15) is 14.4 Å². The zero-order valence-corrected chi connectivity index (χ0v) is 18.9. The van der Waals surface area contributed by atoms with Crippen LogP contribution >= 0.6 is 11.6 Å². The number of anilines is 4. The smallest absolute Gasteiger partial charge is 0.266 e. The maximum Gasteiger partial charge on any atom is 0.266 e. The lowest BCUT2D eigenvalue weighted by atomic mass is 10.1. The molecular weight excluding hydrogens is 459 g/mol. The molecule has 0 spiro atoms. The molecular formula is C24H18ClFN6O2. The van der Waals surface area contributed by atoms with Gasteiger partial charge in [0, 0.05) is 31.2 Å². The third-order valence-corrected chi connectivity index (χ3v) is 5.15. The number of nitrogens with one attached hydrogen (secondary N) is 2. The predicted molar refractivity (Wildman–Crippen MR) is 129 cm³/mol. The normalized spacial score (nSPS) is 11.2. The molecule has 0 saturated carbocycles. The van der Waals surface area contributed by atoms with E-state index in [4.69, 9.17) is 16.0 Å². The number of rotatable bonds is 6. The Bertz CT molecular complexity index is 1440. The number of aromatic nitrogens is 2. The molecule has 0 fully saturated rings. The van der Waals surface area contributed by atoms with Gasteiger partial charge in [0.15, 0.2) is 0 Å². The molecule has 0 bridgehead atoms. The molecule has 2 aromatic heterocycles. The fraction of sp³-hybridized carbons (Fsp3) is 0.0833. The van der Waals surface area contributed by atoms with Crippen molar-refractivity contribution in [3.05, 3.63) is 77.2 Å². The van der Waals surface area contributed by atoms with Crippen molar-refractivity contribution in [1.29, 1.82) is 5.26 Å². The summed E-state index contributed by atoms with van der Waals surface area (Å²) < 4.78 is 18.7. The molecule has 0 unspecified atom stereocenters. The average Bonchev–Trinajstić information content (AvgIpc) is 3.33. The number of furan rings is 1. The van der Waals surface area contributed by atoms with Gasteiger partial charge in [-0.05, 0) is 42.5 Å². The van der Waals surface area contributed by atoms with Gasteiger partial charge >= 0.3 is 0 Å².